The number of hydrogen-bond donors (Lipinski definition) is 1. The van der Waals surface area contributed by atoms with Crippen LogP contribution in [-0.2, 0) is 14.8 Å². The quantitative estimate of drug-likeness (QED) is 0.703. The fraction of sp³-hybridized carbons (Fsp3) is 0.0476. The molecule has 0 spiro atoms. The monoisotopic (exact) mass is 350 g/mol. The zero-order chi connectivity index (χ0) is 17.9. The van der Waals surface area contributed by atoms with Gasteiger partial charge in [0.2, 0.25) is 14.8 Å². The van der Waals surface area contributed by atoms with Gasteiger partial charge in [-0.25, -0.2) is 8.42 Å². The maximum absolute atomic E-state index is 13.4. The highest BCUT2D eigenvalue weighted by Gasteiger charge is 2.43. The van der Waals surface area contributed by atoms with Gasteiger partial charge in [-0.05, 0) is 17.7 Å². The number of aliphatic hydroxyl groups is 1. The smallest absolute Gasteiger partial charge is 0.216 e. The van der Waals surface area contributed by atoms with Gasteiger partial charge >= 0.3 is 0 Å². The van der Waals surface area contributed by atoms with Gasteiger partial charge in [-0.1, -0.05) is 85.4 Å². The van der Waals surface area contributed by atoms with E-state index in [0.717, 1.165) is 11.6 Å². The molecule has 0 radical (unpaired) electrons. The standard InChI is InChI=1S/C21H18O3S/c1-2-21(22,18-13-7-4-8-14-18)25(23,24)20-16-10-9-15-19(20)17-11-5-3-6-12-17/h2-16,22H,1H2. The molecule has 3 nitrogen and oxygen atoms in total. The fourth-order valence-electron chi connectivity index (χ4n) is 2.78. The molecule has 0 aromatic heterocycles. The summed E-state index contributed by atoms with van der Waals surface area (Å²) in [5.41, 5.74) is 1.56. The second kappa shape index (κ2) is 6.67. The van der Waals surface area contributed by atoms with E-state index in [9.17, 15) is 13.5 Å². The molecular formula is C21H18O3S. The van der Waals surface area contributed by atoms with Gasteiger partial charge in [0.05, 0.1) is 4.90 Å². The third kappa shape index (κ3) is 2.90. The van der Waals surface area contributed by atoms with Crippen LogP contribution >= 0.6 is 0 Å². The van der Waals surface area contributed by atoms with Crippen LogP contribution in [0.25, 0.3) is 11.1 Å². The Morgan fingerprint density at radius 3 is 1.92 bits per heavy atom. The Morgan fingerprint density at radius 1 is 0.800 bits per heavy atom. The maximum atomic E-state index is 13.4. The van der Waals surface area contributed by atoms with E-state index in [1.807, 2.05) is 30.3 Å². The Morgan fingerprint density at radius 2 is 1.32 bits per heavy atom. The van der Waals surface area contributed by atoms with Crippen LogP contribution in [-0.4, -0.2) is 13.5 Å². The molecule has 0 aliphatic rings. The summed E-state index contributed by atoms with van der Waals surface area (Å²) in [6.45, 7) is 3.57. The second-order valence-electron chi connectivity index (χ2n) is 5.63. The topological polar surface area (TPSA) is 54.4 Å². The van der Waals surface area contributed by atoms with E-state index in [1.54, 1.807) is 48.5 Å². The second-order valence-corrected chi connectivity index (χ2v) is 7.70. The first-order valence-electron chi connectivity index (χ1n) is 7.81. The first kappa shape index (κ1) is 17.1. The minimum atomic E-state index is -4.15. The van der Waals surface area contributed by atoms with Gasteiger partial charge in [0.15, 0.2) is 0 Å². The maximum Gasteiger partial charge on any atom is 0.216 e. The van der Waals surface area contributed by atoms with E-state index < -0.39 is 14.8 Å². The van der Waals surface area contributed by atoms with Crippen LogP contribution in [0.2, 0.25) is 0 Å². The highest BCUT2D eigenvalue weighted by Crippen LogP contribution is 2.38. The molecule has 1 unspecified atom stereocenters. The number of hydrogen-bond acceptors (Lipinski definition) is 3. The molecule has 0 bridgehead atoms. The van der Waals surface area contributed by atoms with Crippen LogP contribution in [0.3, 0.4) is 0 Å². The lowest BCUT2D eigenvalue weighted by Gasteiger charge is -2.26. The molecule has 126 valence electrons. The third-order valence-corrected chi connectivity index (χ3v) is 6.29. The lowest BCUT2D eigenvalue weighted by molar-refractivity contribution is 0.176. The van der Waals surface area contributed by atoms with Crippen molar-refractivity contribution in [3.05, 3.63) is 103 Å². The minimum absolute atomic E-state index is 0.0625. The lowest BCUT2D eigenvalue weighted by atomic mass is 10.1. The molecule has 0 aliphatic carbocycles. The summed E-state index contributed by atoms with van der Waals surface area (Å²) in [5.74, 6) is 0. The Kier molecular flexibility index (Phi) is 4.57. The zero-order valence-electron chi connectivity index (χ0n) is 13.5. The fourth-order valence-corrected chi connectivity index (χ4v) is 4.52. The lowest BCUT2D eigenvalue weighted by Crippen LogP contribution is -2.33. The molecule has 4 heteroatoms. The number of rotatable bonds is 5. The van der Waals surface area contributed by atoms with Gasteiger partial charge in [0.25, 0.3) is 0 Å². The van der Waals surface area contributed by atoms with E-state index in [4.69, 9.17) is 0 Å². The summed E-state index contributed by atoms with van der Waals surface area (Å²) in [6, 6.07) is 24.2. The molecule has 0 saturated heterocycles. The van der Waals surface area contributed by atoms with Crippen LogP contribution in [0.1, 0.15) is 5.56 Å². The van der Waals surface area contributed by atoms with Crippen molar-refractivity contribution in [1.29, 1.82) is 0 Å². The summed E-state index contributed by atoms with van der Waals surface area (Å²) < 4.78 is 26.7. The average Bonchev–Trinajstić information content (AvgIpc) is 2.68. The molecule has 0 aliphatic heterocycles. The molecule has 0 saturated carbocycles. The third-order valence-electron chi connectivity index (χ3n) is 4.14. The molecule has 25 heavy (non-hydrogen) atoms. The van der Waals surface area contributed by atoms with Crippen LogP contribution in [0.4, 0.5) is 0 Å². The van der Waals surface area contributed by atoms with Crippen molar-refractivity contribution >= 4 is 9.84 Å². The van der Waals surface area contributed by atoms with Crippen LogP contribution in [0, 0.1) is 0 Å². The molecule has 3 rings (SSSR count). The average molecular weight is 350 g/mol. The van der Waals surface area contributed by atoms with Crippen molar-refractivity contribution in [2.24, 2.45) is 0 Å². The van der Waals surface area contributed by atoms with E-state index in [2.05, 4.69) is 6.58 Å². The Balaban J connectivity index is 2.24. The highest BCUT2D eigenvalue weighted by atomic mass is 32.2. The van der Waals surface area contributed by atoms with E-state index in [-0.39, 0.29) is 10.5 Å². The van der Waals surface area contributed by atoms with Gasteiger partial charge in [-0.15, -0.1) is 0 Å². The largest absolute Gasteiger partial charge is 0.367 e. The Bertz CT molecular complexity index is 980. The molecule has 1 N–H and O–H groups in total. The normalized spacial score (nSPS) is 13.8. The highest BCUT2D eigenvalue weighted by molar-refractivity contribution is 7.92. The van der Waals surface area contributed by atoms with Gasteiger partial charge in [0.1, 0.15) is 0 Å². The molecular weight excluding hydrogens is 332 g/mol. The van der Waals surface area contributed by atoms with Crippen molar-refractivity contribution in [3.8, 4) is 11.1 Å². The molecule has 1 atom stereocenters. The van der Waals surface area contributed by atoms with Crippen molar-refractivity contribution in [1.82, 2.24) is 0 Å². The van der Waals surface area contributed by atoms with Crippen LogP contribution < -0.4 is 0 Å². The van der Waals surface area contributed by atoms with Gasteiger partial charge in [0, 0.05) is 11.1 Å². The summed E-state index contributed by atoms with van der Waals surface area (Å²) in [6.07, 6.45) is 1.07. The number of benzene rings is 3. The predicted molar refractivity (Wildman–Crippen MR) is 99.6 cm³/mol. The summed E-state index contributed by atoms with van der Waals surface area (Å²) >= 11 is 0. The number of sulfone groups is 1. The van der Waals surface area contributed by atoms with Gasteiger partial charge in [-0.3, -0.25) is 0 Å². The molecule has 3 aromatic carbocycles. The zero-order valence-corrected chi connectivity index (χ0v) is 14.4. The van der Waals surface area contributed by atoms with Crippen molar-refractivity contribution in [2.75, 3.05) is 0 Å². The molecule has 0 amide bonds. The summed E-state index contributed by atoms with van der Waals surface area (Å²) in [5, 5.41) is 11.0. The van der Waals surface area contributed by atoms with E-state index in [0.29, 0.717) is 5.56 Å². The van der Waals surface area contributed by atoms with Crippen molar-refractivity contribution in [2.45, 2.75) is 9.83 Å². The summed E-state index contributed by atoms with van der Waals surface area (Å²) in [4.78, 5) is -2.15. The van der Waals surface area contributed by atoms with Crippen LogP contribution in [0.15, 0.2) is 102 Å². The van der Waals surface area contributed by atoms with E-state index in [1.165, 1.54) is 6.07 Å². The minimum Gasteiger partial charge on any atom is -0.367 e. The van der Waals surface area contributed by atoms with Crippen molar-refractivity contribution in [3.63, 3.8) is 0 Å². The molecule has 0 heterocycles. The molecule has 0 fully saturated rings. The Labute approximate surface area is 147 Å². The first-order valence-corrected chi connectivity index (χ1v) is 9.29. The summed E-state index contributed by atoms with van der Waals surface area (Å²) in [7, 11) is -4.15. The van der Waals surface area contributed by atoms with Crippen LogP contribution in [0.5, 0.6) is 0 Å². The van der Waals surface area contributed by atoms with Gasteiger partial charge < -0.3 is 5.11 Å². The Hall–Kier alpha value is -2.69. The van der Waals surface area contributed by atoms with Crippen molar-refractivity contribution < 1.29 is 13.5 Å². The first-order chi connectivity index (χ1) is 12.0. The SMILES string of the molecule is C=CC(O)(c1ccccc1)S(=O)(=O)c1ccccc1-c1ccccc1. The molecule has 3 aromatic rings. The predicted octanol–water partition coefficient (Wildman–Crippen LogP) is 4.16. The van der Waals surface area contributed by atoms with E-state index >= 15 is 0 Å². The van der Waals surface area contributed by atoms with Gasteiger partial charge in [-0.2, -0.15) is 0 Å².